The van der Waals surface area contributed by atoms with Crippen molar-refractivity contribution in [2.75, 3.05) is 18.1 Å². The molecule has 1 amide bonds. The zero-order valence-electron chi connectivity index (χ0n) is 8.76. The number of carboxylic acid groups (broad SMARTS) is 1. The highest BCUT2D eigenvalue weighted by atomic mass is 32.2. The number of rotatable bonds is 6. The van der Waals surface area contributed by atoms with Crippen molar-refractivity contribution in [2.24, 2.45) is 5.41 Å². The van der Waals surface area contributed by atoms with Gasteiger partial charge in [0.1, 0.15) is 5.41 Å². The zero-order valence-corrected chi connectivity index (χ0v) is 9.57. The van der Waals surface area contributed by atoms with Gasteiger partial charge in [-0.3, -0.25) is 9.59 Å². The molecule has 0 saturated heterocycles. The Morgan fingerprint density at radius 3 is 2.50 bits per heavy atom. The summed E-state index contributed by atoms with van der Waals surface area (Å²) in [6.45, 7) is 1.44. The normalized spacial score (nSPS) is 26.2. The van der Waals surface area contributed by atoms with E-state index in [1.807, 2.05) is 0 Å². The summed E-state index contributed by atoms with van der Waals surface area (Å²) in [7, 11) is 0. The number of thioether (sulfide) groups is 1. The maximum absolute atomic E-state index is 12.8. The second-order valence-corrected chi connectivity index (χ2v) is 5.02. The minimum absolute atomic E-state index is 0.0523. The maximum atomic E-state index is 12.8. The second-order valence-electron chi connectivity index (χ2n) is 3.92. The third-order valence-corrected chi connectivity index (χ3v) is 3.46. The van der Waals surface area contributed by atoms with Gasteiger partial charge in [-0.1, -0.05) is 0 Å². The van der Waals surface area contributed by atoms with Gasteiger partial charge in [0.15, 0.2) is 0 Å². The lowest BCUT2D eigenvalue weighted by molar-refractivity contribution is -0.134. The summed E-state index contributed by atoms with van der Waals surface area (Å²) in [4.78, 5) is 21.5. The van der Waals surface area contributed by atoms with Crippen LogP contribution in [0.1, 0.15) is 13.3 Å². The molecule has 0 radical (unpaired) electrons. The van der Waals surface area contributed by atoms with E-state index >= 15 is 0 Å². The van der Waals surface area contributed by atoms with Crippen molar-refractivity contribution in [3.8, 4) is 0 Å². The van der Waals surface area contributed by atoms with Crippen LogP contribution in [-0.2, 0) is 9.59 Å². The highest BCUT2D eigenvalue weighted by molar-refractivity contribution is 7.99. The van der Waals surface area contributed by atoms with Gasteiger partial charge in [0, 0.05) is 18.7 Å². The van der Waals surface area contributed by atoms with Crippen LogP contribution in [0.25, 0.3) is 0 Å². The smallest absolute Gasteiger partial charge is 0.313 e. The van der Waals surface area contributed by atoms with Gasteiger partial charge in [0.2, 0.25) is 5.91 Å². The number of amides is 1. The standard InChI is InChI=1S/C9H13F2NO3S/c1-8(5-9(8,10)11)7(15)12-2-3-16-4-6(13)14/h2-5H2,1H3,(H,12,15)(H,13,14). The van der Waals surface area contributed by atoms with Crippen LogP contribution in [0.5, 0.6) is 0 Å². The summed E-state index contributed by atoms with van der Waals surface area (Å²) in [5.74, 6) is -4.14. The first kappa shape index (κ1) is 13.2. The molecule has 0 bridgehead atoms. The number of carbonyl (C=O) groups excluding carboxylic acids is 1. The van der Waals surface area contributed by atoms with Gasteiger partial charge in [-0.05, 0) is 6.92 Å². The highest BCUT2D eigenvalue weighted by Crippen LogP contribution is 2.60. The van der Waals surface area contributed by atoms with Gasteiger partial charge in [0.05, 0.1) is 5.75 Å². The lowest BCUT2D eigenvalue weighted by Gasteiger charge is -2.10. The molecule has 0 spiro atoms. The van der Waals surface area contributed by atoms with Crippen molar-refractivity contribution < 1.29 is 23.5 Å². The molecule has 4 nitrogen and oxygen atoms in total. The molecule has 0 heterocycles. The first-order chi connectivity index (χ1) is 7.29. The van der Waals surface area contributed by atoms with E-state index < -0.39 is 29.6 Å². The number of carbonyl (C=O) groups is 2. The van der Waals surface area contributed by atoms with Gasteiger partial charge in [0.25, 0.3) is 5.92 Å². The van der Waals surface area contributed by atoms with E-state index in [0.29, 0.717) is 5.75 Å². The van der Waals surface area contributed by atoms with E-state index in [-0.39, 0.29) is 12.3 Å². The van der Waals surface area contributed by atoms with E-state index in [1.54, 1.807) is 0 Å². The Balaban J connectivity index is 2.15. The van der Waals surface area contributed by atoms with E-state index in [4.69, 9.17) is 5.11 Å². The van der Waals surface area contributed by atoms with Gasteiger partial charge in [-0.15, -0.1) is 11.8 Å². The predicted molar refractivity (Wildman–Crippen MR) is 55.6 cm³/mol. The molecule has 0 aliphatic heterocycles. The van der Waals surface area contributed by atoms with E-state index in [1.165, 1.54) is 6.92 Å². The third-order valence-electron chi connectivity index (χ3n) is 2.52. The van der Waals surface area contributed by atoms with Crippen LogP contribution in [0.4, 0.5) is 8.78 Å². The van der Waals surface area contributed by atoms with Crippen LogP contribution < -0.4 is 5.32 Å². The fourth-order valence-electron chi connectivity index (χ4n) is 1.24. The van der Waals surface area contributed by atoms with Crippen LogP contribution >= 0.6 is 11.8 Å². The monoisotopic (exact) mass is 253 g/mol. The molecule has 16 heavy (non-hydrogen) atoms. The quantitative estimate of drug-likeness (QED) is 0.692. The number of hydrogen-bond acceptors (Lipinski definition) is 3. The number of halogens is 2. The van der Waals surface area contributed by atoms with Gasteiger partial charge in [-0.25, -0.2) is 8.78 Å². The molecule has 0 aromatic carbocycles. The van der Waals surface area contributed by atoms with Crippen molar-refractivity contribution in [1.29, 1.82) is 0 Å². The van der Waals surface area contributed by atoms with Crippen LogP contribution in [0.3, 0.4) is 0 Å². The summed E-state index contributed by atoms with van der Waals surface area (Å²) in [6, 6.07) is 0. The lowest BCUT2D eigenvalue weighted by Crippen LogP contribution is -2.35. The zero-order chi connectivity index (χ0) is 12.4. The Bertz CT molecular complexity index is 311. The topological polar surface area (TPSA) is 66.4 Å². The van der Waals surface area contributed by atoms with Crippen LogP contribution in [-0.4, -0.2) is 41.0 Å². The Kier molecular flexibility index (Phi) is 3.77. The molecule has 1 aliphatic carbocycles. The summed E-state index contributed by atoms with van der Waals surface area (Å²) >= 11 is 1.13. The van der Waals surface area contributed by atoms with E-state index in [9.17, 15) is 18.4 Å². The second kappa shape index (κ2) is 4.57. The van der Waals surface area contributed by atoms with Crippen LogP contribution in [0, 0.1) is 5.41 Å². The maximum Gasteiger partial charge on any atom is 0.313 e. The molecule has 0 aromatic rings. The molecule has 2 N–H and O–H groups in total. The Labute approximate surface area is 95.8 Å². The van der Waals surface area contributed by atoms with E-state index in [0.717, 1.165) is 11.8 Å². The summed E-state index contributed by atoms with van der Waals surface area (Å²) in [5, 5.41) is 10.7. The van der Waals surface area contributed by atoms with Gasteiger partial charge >= 0.3 is 5.97 Å². The third kappa shape index (κ3) is 2.84. The van der Waals surface area contributed by atoms with Crippen LogP contribution in [0.2, 0.25) is 0 Å². The summed E-state index contributed by atoms with van der Waals surface area (Å²) in [5.41, 5.74) is -1.57. The molecule has 92 valence electrons. The Morgan fingerprint density at radius 1 is 1.50 bits per heavy atom. The molecular weight excluding hydrogens is 240 g/mol. The fraction of sp³-hybridized carbons (Fsp3) is 0.778. The number of hydrogen-bond donors (Lipinski definition) is 2. The molecule has 7 heteroatoms. The minimum Gasteiger partial charge on any atom is -0.481 e. The molecule has 1 fully saturated rings. The molecular formula is C9H13F2NO3S. The van der Waals surface area contributed by atoms with Crippen molar-refractivity contribution in [2.45, 2.75) is 19.3 Å². The van der Waals surface area contributed by atoms with Gasteiger partial charge < -0.3 is 10.4 Å². The average Bonchev–Trinajstić information content (AvgIpc) is 2.66. The molecule has 1 rings (SSSR count). The SMILES string of the molecule is CC1(C(=O)NCCSCC(=O)O)CC1(F)F. The van der Waals surface area contributed by atoms with Crippen LogP contribution in [0.15, 0.2) is 0 Å². The summed E-state index contributed by atoms with van der Waals surface area (Å²) in [6.07, 6.45) is -0.409. The largest absolute Gasteiger partial charge is 0.481 e. The number of alkyl halides is 2. The number of nitrogens with one attached hydrogen (secondary N) is 1. The first-order valence-corrected chi connectivity index (χ1v) is 5.91. The fourth-order valence-corrected chi connectivity index (χ4v) is 1.80. The molecule has 1 saturated carbocycles. The van der Waals surface area contributed by atoms with E-state index in [2.05, 4.69) is 5.32 Å². The lowest BCUT2D eigenvalue weighted by atomic mass is 10.1. The molecule has 1 unspecified atom stereocenters. The predicted octanol–water partition coefficient (Wildman–Crippen LogP) is 0.966. The minimum atomic E-state index is -2.90. The van der Waals surface area contributed by atoms with Crippen molar-refractivity contribution in [1.82, 2.24) is 5.32 Å². The Morgan fingerprint density at radius 2 is 2.06 bits per heavy atom. The molecule has 1 aliphatic rings. The van der Waals surface area contributed by atoms with Crippen molar-refractivity contribution >= 4 is 23.6 Å². The average molecular weight is 253 g/mol. The van der Waals surface area contributed by atoms with Crippen molar-refractivity contribution in [3.05, 3.63) is 0 Å². The first-order valence-electron chi connectivity index (χ1n) is 4.75. The number of aliphatic carboxylic acids is 1. The summed E-state index contributed by atoms with van der Waals surface area (Å²) < 4.78 is 25.5. The molecule has 0 aromatic heterocycles. The highest BCUT2D eigenvalue weighted by Gasteiger charge is 2.72. The van der Waals surface area contributed by atoms with Crippen molar-refractivity contribution in [3.63, 3.8) is 0 Å². The van der Waals surface area contributed by atoms with Gasteiger partial charge in [-0.2, -0.15) is 0 Å². The Hall–Kier alpha value is -0.850. The molecule has 1 atom stereocenters. The number of carboxylic acids is 1.